The fraction of sp³-hybridized carbons (Fsp3) is 0.333. The monoisotopic (exact) mass is 581 g/mol. The van der Waals surface area contributed by atoms with Crippen LogP contribution in [-0.4, -0.2) is 61.3 Å². The minimum Gasteiger partial charge on any atom is -0.478 e. The fourth-order valence-electron chi connectivity index (χ4n) is 6.06. The van der Waals surface area contributed by atoms with Crippen LogP contribution in [0.5, 0.6) is 5.88 Å². The predicted molar refractivity (Wildman–Crippen MR) is 159 cm³/mol. The number of hydrogen-bond acceptors (Lipinski definition) is 7. The van der Waals surface area contributed by atoms with Gasteiger partial charge >= 0.3 is 5.97 Å². The molecule has 2 aromatic carbocycles. The van der Waals surface area contributed by atoms with E-state index in [1.54, 1.807) is 36.5 Å². The predicted octanol–water partition coefficient (Wildman–Crippen LogP) is 5.56. The zero-order chi connectivity index (χ0) is 29.3. The van der Waals surface area contributed by atoms with Crippen molar-refractivity contribution in [2.75, 3.05) is 19.7 Å². The number of piperidine rings is 1. The highest BCUT2D eigenvalue weighted by Gasteiger charge is 2.26. The molecular formula is C33H32FN5O4. The molecule has 5 aromatic rings. The minimum absolute atomic E-state index is 0.135. The first-order valence-corrected chi connectivity index (χ1v) is 14.7. The van der Waals surface area contributed by atoms with Gasteiger partial charge in [-0.2, -0.15) is 0 Å². The molecule has 1 atom stereocenters. The van der Waals surface area contributed by atoms with Gasteiger partial charge < -0.3 is 19.1 Å². The summed E-state index contributed by atoms with van der Waals surface area (Å²) in [4.78, 5) is 28.2. The van der Waals surface area contributed by atoms with Crippen LogP contribution in [0.1, 0.15) is 52.8 Å². The molecule has 220 valence electrons. The molecule has 7 rings (SSSR count). The number of ether oxygens (including phenoxy) is 2. The Bertz CT molecular complexity index is 1800. The van der Waals surface area contributed by atoms with Gasteiger partial charge in [0.05, 0.1) is 41.5 Å². The molecule has 0 spiro atoms. The number of likely N-dealkylation sites (tertiary alicyclic amines) is 1. The van der Waals surface area contributed by atoms with Crippen LogP contribution in [-0.2, 0) is 24.4 Å². The third kappa shape index (κ3) is 5.80. The maximum atomic E-state index is 13.6. The molecule has 10 heteroatoms. The number of aromatic nitrogens is 4. The van der Waals surface area contributed by atoms with Crippen molar-refractivity contribution in [2.45, 2.75) is 51.0 Å². The zero-order valence-corrected chi connectivity index (χ0v) is 23.7. The zero-order valence-electron chi connectivity index (χ0n) is 23.7. The lowest BCUT2D eigenvalue weighted by atomic mass is 9.93. The Morgan fingerprint density at radius 2 is 1.91 bits per heavy atom. The van der Waals surface area contributed by atoms with Crippen LogP contribution in [0.4, 0.5) is 4.39 Å². The quantitative estimate of drug-likeness (QED) is 0.241. The first-order chi connectivity index (χ1) is 21.0. The largest absolute Gasteiger partial charge is 0.478 e. The molecule has 3 aromatic heterocycles. The van der Waals surface area contributed by atoms with Gasteiger partial charge in [0, 0.05) is 35.9 Å². The first-order valence-electron chi connectivity index (χ1n) is 14.7. The van der Waals surface area contributed by atoms with E-state index in [1.807, 2.05) is 12.1 Å². The van der Waals surface area contributed by atoms with Gasteiger partial charge in [0.1, 0.15) is 18.2 Å². The van der Waals surface area contributed by atoms with Crippen molar-refractivity contribution in [3.8, 4) is 5.88 Å². The molecule has 43 heavy (non-hydrogen) atoms. The van der Waals surface area contributed by atoms with E-state index < -0.39 is 5.97 Å². The summed E-state index contributed by atoms with van der Waals surface area (Å²) in [6, 6.07) is 17.5. The molecule has 1 unspecified atom stereocenters. The topological polar surface area (TPSA) is 103 Å². The summed E-state index contributed by atoms with van der Waals surface area (Å²) in [6.07, 6.45) is 4.72. The standard InChI is InChI=1S/C33H32FN5O4/c34-24-5-6-26-22(16-24)8-12-35-29(26)20-43-32-3-1-2-27(37-32)21-9-13-38(14-10-21)19-31-36-28-7-4-23(33(40)41)17-30(28)39(31)18-25-11-15-42-25/h1-8,12,16-17,21,25H,9-11,13-15,18-20H2,(H,40,41). The van der Waals surface area contributed by atoms with Crippen molar-refractivity contribution in [2.24, 2.45) is 0 Å². The van der Waals surface area contributed by atoms with Gasteiger partial charge in [-0.25, -0.2) is 19.2 Å². The molecule has 0 saturated carbocycles. The third-order valence-electron chi connectivity index (χ3n) is 8.54. The molecule has 1 N–H and O–H groups in total. The number of aromatic carboxylic acids is 1. The molecule has 0 radical (unpaired) electrons. The van der Waals surface area contributed by atoms with E-state index in [1.165, 1.54) is 12.1 Å². The molecule has 2 aliphatic heterocycles. The lowest BCUT2D eigenvalue weighted by Crippen LogP contribution is -2.35. The normalized spacial score (nSPS) is 17.7. The van der Waals surface area contributed by atoms with Crippen molar-refractivity contribution >= 4 is 27.8 Å². The van der Waals surface area contributed by atoms with E-state index in [2.05, 4.69) is 20.5 Å². The van der Waals surface area contributed by atoms with E-state index >= 15 is 0 Å². The van der Waals surface area contributed by atoms with Crippen molar-refractivity contribution < 1.29 is 23.8 Å². The third-order valence-corrected chi connectivity index (χ3v) is 8.54. The number of nitrogens with zero attached hydrogens (tertiary/aromatic N) is 5. The van der Waals surface area contributed by atoms with Crippen LogP contribution >= 0.6 is 0 Å². The van der Waals surface area contributed by atoms with Gasteiger partial charge in [-0.05, 0) is 86.3 Å². The van der Waals surface area contributed by atoms with Crippen LogP contribution in [0.25, 0.3) is 21.8 Å². The number of fused-ring (bicyclic) bond motifs is 2. The number of carboxylic acid groups (broad SMARTS) is 1. The summed E-state index contributed by atoms with van der Waals surface area (Å²) in [5, 5.41) is 11.2. The van der Waals surface area contributed by atoms with E-state index in [-0.39, 0.29) is 24.1 Å². The highest BCUT2D eigenvalue weighted by Crippen LogP contribution is 2.30. The van der Waals surface area contributed by atoms with E-state index in [0.29, 0.717) is 24.9 Å². The number of rotatable bonds is 9. The van der Waals surface area contributed by atoms with Gasteiger partial charge in [0.25, 0.3) is 0 Å². The number of pyridine rings is 2. The smallest absolute Gasteiger partial charge is 0.335 e. The van der Waals surface area contributed by atoms with Crippen LogP contribution in [0.3, 0.4) is 0 Å². The summed E-state index contributed by atoms with van der Waals surface area (Å²) in [5.74, 6) is 0.586. The molecule has 5 heterocycles. The Morgan fingerprint density at radius 3 is 2.70 bits per heavy atom. The molecule has 0 amide bonds. The molecule has 9 nitrogen and oxygen atoms in total. The summed E-state index contributed by atoms with van der Waals surface area (Å²) < 4.78 is 27.5. The van der Waals surface area contributed by atoms with Crippen molar-refractivity contribution in [3.63, 3.8) is 0 Å². The summed E-state index contributed by atoms with van der Waals surface area (Å²) >= 11 is 0. The number of imidazole rings is 1. The number of halogens is 1. The second-order valence-corrected chi connectivity index (χ2v) is 11.3. The Morgan fingerprint density at radius 1 is 1.05 bits per heavy atom. The van der Waals surface area contributed by atoms with E-state index in [4.69, 9.17) is 19.4 Å². The average molecular weight is 582 g/mol. The van der Waals surface area contributed by atoms with Crippen molar-refractivity contribution in [1.82, 2.24) is 24.4 Å². The Hall–Kier alpha value is -4.41. The lowest BCUT2D eigenvalue weighted by Gasteiger charge is -2.32. The van der Waals surface area contributed by atoms with E-state index in [9.17, 15) is 14.3 Å². The van der Waals surface area contributed by atoms with Gasteiger partial charge in [0.2, 0.25) is 5.88 Å². The van der Waals surface area contributed by atoms with E-state index in [0.717, 1.165) is 78.0 Å². The molecular weight excluding hydrogens is 549 g/mol. The van der Waals surface area contributed by atoms with Crippen molar-refractivity contribution in [1.29, 1.82) is 0 Å². The molecule has 0 aliphatic carbocycles. The van der Waals surface area contributed by atoms with Crippen LogP contribution in [0.2, 0.25) is 0 Å². The Labute approximate surface area is 247 Å². The second kappa shape index (κ2) is 11.7. The van der Waals surface area contributed by atoms with Gasteiger partial charge in [-0.1, -0.05) is 6.07 Å². The van der Waals surface area contributed by atoms with Gasteiger partial charge in [-0.15, -0.1) is 0 Å². The average Bonchev–Trinajstić information content (AvgIpc) is 3.33. The maximum Gasteiger partial charge on any atom is 0.335 e. The highest BCUT2D eigenvalue weighted by atomic mass is 19.1. The number of carbonyl (C=O) groups is 1. The van der Waals surface area contributed by atoms with Crippen LogP contribution in [0.15, 0.2) is 66.9 Å². The molecule has 0 bridgehead atoms. The number of benzene rings is 2. The van der Waals surface area contributed by atoms with Crippen LogP contribution < -0.4 is 4.74 Å². The lowest BCUT2D eigenvalue weighted by molar-refractivity contribution is -0.0592. The number of carboxylic acids is 1. The SMILES string of the molecule is O=C(O)c1ccc2nc(CN3CCC(c4cccc(OCc5nccc6cc(F)ccc56)n4)CC3)n(CC3CCO3)c2c1. The Kier molecular flexibility index (Phi) is 7.46. The van der Waals surface area contributed by atoms with Crippen LogP contribution in [0, 0.1) is 5.82 Å². The highest BCUT2D eigenvalue weighted by molar-refractivity contribution is 5.92. The molecule has 2 aliphatic rings. The van der Waals surface area contributed by atoms with Gasteiger partial charge in [0.15, 0.2) is 0 Å². The van der Waals surface area contributed by atoms with Gasteiger partial charge in [-0.3, -0.25) is 9.88 Å². The maximum absolute atomic E-state index is 13.6. The minimum atomic E-state index is -0.942. The summed E-state index contributed by atoms with van der Waals surface area (Å²) in [6.45, 7) is 4.18. The Balaban J connectivity index is 1.01. The fourth-order valence-corrected chi connectivity index (χ4v) is 6.06. The van der Waals surface area contributed by atoms with Crippen molar-refractivity contribution in [3.05, 3.63) is 95.5 Å². The second-order valence-electron chi connectivity index (χ2n) is 11.3. The molecule has 2 fully saturated rings. The number of hydrogen-bond donors (Lipinski definition) is 1. The first kappa shape index (κ1) is 27.4. The summed E-state index contributed by atoms with van der Waals surface area (Å²) in [7, 11) is 0. The summed E-state index contributed by atoms with van der Waals surface area (Å²) in [5.41, 5.74) is 3.67. The molecule has 2 saturated heterocycles.